The largest absolute Gasteiger partial charge is 0.465 e. The minimum atomic E-state index is -1.23. The van der Waals surface area contributed by atoms with Gasteiger partial charge in [0.25, 0.3) is 0 Å². The first kappa shape index (κ1) is 29.6. The zero-order chi connectivity index (χ0) is 25.8. The molecule has 0 fully saturated rings. The van der Waals surface area contributed by atoms with E-state index in [0.717, 1.165) is 12.0 Å². The van der Waals surface area contributed by atoms with Gasteiger partial charge in [0, 0.05) is 12.5 Å². The summed E-state index contributed by atoms with van der Waals surface area (Å²) < 4.78 is 10.2. The van der Waals surface area contributed by atoms with Gasteiger partial charge in [0.1, 0.15) is 13.2 Å². The van der Waals surface area contributed by atoms with Gasteiger partial charge in [-0.3, -0.25) is 4.79 Å². The van der Waals surface area contributed by atoms with Crippen molar-refractivity contribution in [2.24, 2.45) is 10.8 Å². The van der Waals surface area contributed by atoms with E-state index >= 15 is 0 Å². The fourth-order valence-electron chi connectivity index (χ4n) is 3.74. The molecule has 0 atom stereocenters. The van der Waals surface area contributed by atoms with Gasteiger partial charge in [-0.15, -0.1) is 0 Å². The number of rotatable bonds is 12. The number of ether oxygens (including phenoxy) is 2. The molecule has 1 aliphatic carbocycles. The summed E-state index contributed by atoms with van der Waals surface area (Å²) in [5, 5.41) is 19.2. The van der Waals surface area contributed by atoms with Gasteiger partial charge in [0.15, 0.2) is 0 Å². The third-order valence-electron chi connectivity index (χ3n) is 6.14. The maximum absolute atomic E-state index is 12.2. The minimum Gasteiger partial charge on any atom is -0.465 e. The van der Waals surface area contributed by atoms with Crippen LogP contribution in [0.25, 0.3) is 0 Å². The molecular weight excluding hydrogens is 432 g/mol. The Bertz CT molecular complexity index is 850. The Morgan fingerprint density at radius 1 is 1.06 bits per heavy atom. The van der Waals surface area contributed by atoms with Crippen LogP contribution in [-0.4, -0.2) is 48.6 Å². The maximum atomic E-state index is 12.2. The molecule has 2 N–H and O–H groups in total. The molecule has 1 aliphatic rings. The van der Waals surface area contributed by atoms with E-state index < -0.39 is 30.6 Å². The molecule has 1 rings (SSSR count). The molecule has 0 aromatic heterocycles. The highest BCUT2D eigenvalue weighted by molar-refractivity contribution is 5.83. The second-order valence-corrected chi connectivity index (χ2v) is 9.86. The Hall–Kier alpha value is -2.44. The van der Waals surface area contributed by atoms with E-state index in [9.17, 15) is 19.8 Å². The van der Waals surface area contributed by atoms with Crippen molar-refractivity contribution in [2.45, 2.75) is 67.2 Å². The van der Waals surface area contributed by atoms with E-state index in [4.69, 9.17) is 9.47 Å². The van der Waals surface area contributed by atoms with Crippen molar-refractivity contribution in [1.82, 2.24) is 0 Å². The van der Waals surface area contributed by atoms with Gasteiger partial charge >= 0.3 is 11.9 Å². The van der Waals surface area contributed by atoms with Crippen LogP contribution in [0.3, 0.4) is 0 Å². The molecule has 0 radical (unpaired) electrons. The highest BCUT2D eigenvalue weighted by Crippen LogP contribution is 2.40. The normalized spacial score (nSPS) is 17.5. The molecule has 34 heavy (non-hydrogen) atoms. The molecule has 0 aliphatic heterocycles. The third-order valence-corrected chi connectivity index (χ3v) is 6.14. The number of esters is 2. The summed E-state index contributed by atoms with van der Waals surface area (Å²) in [4.78, 5) is 23.5. The van der Waals surface area contributed by atoms with E-state index in [1.165, 1.54) is 30.1 Å². The van der Waals surface area contributed by atoms with Crippen molar-refractivity contribution in [3.05, 3.63) is 58.7 Å². The maximum Gasteiger partial charge on any atom is 0.331 e. The van der Waals surface area contributed by atoms with Gasteiger partial charge in [-0.25, -0.2) is 4.79 Å². The van der Waals surface area contributed by atoms with Crippen LogP contribution in [0.15, 0.2) is 58.7 Å². The second-order valence-electron chi connectivity index (χ2n) is 9.86. The van der Waals surface area contributed by atoms with Gasteiger partial charge in [0.2, 0.25) is 0 Å². The first-order valence-electron chi connectivity index (χ1n) is 11.9. The Morgan fingerprint density at radius 3 is 2.29 bits per heavy atom. The molecular formula is C28H42O6. The predicted molar refractivity (Wildman–Crippen MR) is 135 cm³/mol. The SMILES string of the molecule is CCC(=O)OCC(CO)(CO)COC(=O)C=C(C)C=CC=C(C)C=CC1=C(C)CCCC1(C)C. The topological polar surface area (TPSA) is 93.1 Å². The Balaban J connectivity index is 2.69. The van der Waals surface area contributed by atoms with E-state index in [1.807, 2.05) is 25.2 Å². The predicted octanol–water partition coefficient (Wildman–Crippen LogP) is 4.99. The molecule has 0 saturated carbocycles. The van der Waals surface area contributed by atoms with Gasteiger partial charge in [-0.05, 0) is 56.6 Å². The second kappa shape index (κ2) is 14.1. The minimum absolute atomic E-state index is 0.181. The highest BCUT2D eigenvalue weighted by Gasteiger charge is 2.32. The molecule has 6 nitrogen and oxygen atoms in total. The number of allylic oxidation sites excluding steroid dienone is 9. The van der Waals surface area contributed by atoms with Crippen LogP contribution in [0.4, 0.5) is 0 Å². The highest BCUT2D eigenvalue weighted by atomic mass is 16.5. The van der Waals surface area contributed by atoms with Crippen LogP contribution >= 0.6 is 0 Å². The average molecular weight is 475 g/mol. The number of hydrogen-bond donors (Lipinski definition) is 2. The number of hydrogen-bond acceptors (Lipinski definition) is 6. The zero-order valence-corrected chi connectivity index (χ0v) is 21.6. The number of carbonyl (C=O) groups is 2. The Morgan fingerprint density at radius 2 is 1.71 bits per heavy atom. The van der Waals surface area contributed by atoms with Crippen molar-refractivity contribution in [3.63, 3.8) is 0 Å². The van der Waals surface area contributed by atoms with Crippen LogP contribution in [0.2, 0.25) is 0 Å². The van der Waals surface area contributed by atoms with Crippen LogP contribution in [-0.2, 0) is 19.1 Å². The monoisotopic (exact) mass is 474 g/mol. The molecule has 6 heteroatoms. The third kappa shape index (κ3) is 9.82. The van der Waals surface area contributed by atoms with Crippen LogP contribution in [0.5, 0.6) is 0 Å². The Labute approximate surface area is 204 Å². The summed E-state index contributed by atoms with van der Waals surface area (Å²) in [5.74, 6) is -1.05. The summed E-state index contributed by atoms with van der Waals surface area (Å²) in [7, 11) is 0. The smallest absolute Gasteiger partial charge is 0.331 e. The Kier molecular flexibility index (Phi) is 12.2. The van der Waals surface area contributed by atoms with E-state index in [2.05, 4.69) is 32.9 Å². The van der Waals surface area contributed by atoms with Gasteiger partial charge in [-0.2, -0.15) is 0 Å². The van der Waals surface area contributed by atoms with Gasteiger partial charge < -0.3 is 19.7 Å². The number of aliphatic hydroxyl groups excluding tert-OH is 2. The van der Waals surface area contributed by atoms with E-state index in [1.54, 1.807) is 13.8 Å². The lowest BCUT2D eigenvalue weighted by Crippen LogP contribution is -2.41. The zero-order valence-electron chi connectivity index (χ0n) is 21.6. The molecule has 0 spiro atoms. The fourth-order valence-corrected chi connectivity index (χ4v) is 3.74. The molecule has 0 aromatic rings. The lowest BCUT2D eigenvalue weighted by atomic mass is 9.72. The lowest BCUT2D eigenvalue weighted by molar-refractivity contribution is -0.156. The van der Waals surface area contributed by atoms with Crippen LogP contribution in [0, 0.1) is 10.8 Å². The molecule has 0 unspecified atom stereocenters. The van der Waals surface area contributed by atoms with Crippen molar-refractivity contribution in [1.29, 1.82) is 0 Å². The summed E-state index contributed by atoms with van der Waals surface area (Å²) in [6.07, 6.45) is 15.1. The average Bonchev–Trinajstić information content (AvgIpc) is 2.78. The van der Waals surface area contributed by atoms with E-state index in [-0.39, 0.29) is 25.0 Å². The molecule has 190 valence electrons. The van der Waals surface area contributed by atoms with Gasteiger partial charge in [0.05, 0.1) is 18.6 Å². The first-order valence-corrected chi connectivity index (χ1v) is 11.9. The fraction of sp³-hybridized carbons (Fsp3) is 0.571. The van der Waals surface area contributed by atoms with Crippen molar-refractivity contribution < 1.29 is 29.3 Å². The molecule has 0 amide bonds. The van der Waals surface area contributed by atoms with Crippen LogP contribution < -0.4 is 0 Å². The van der Waals surface area contributed by atoms with Crippen molar-refractivity contribution in [3.8, 4) is 0 Å². The quantitative estimate of drug-likeness (QED) is 0.235. The number of carbonyl (C=O) groups excluding carboxylic acids is 2. The molecule has 0 heterocycles. The van der Waals surface area contributed by atoms with Gasteiger partial charge in [-0.1, -0.05) is 62.3 Å². The summed E-state index contributed by atoms with van der Waals surface area (Å²) >= 11 is 0. The summed E-state index contributed by atoms with van der Waals surface area (Å²) in [5.41, 5.74) is 3.65. The number of aliphatic hydroxyl groups is 2. The van der Waals surface area contributed by atoms with Crippen molar-refractivity contribution in [2.75, 3.05) is 26.4 Å². The van der Waals surface area contributed by atoms with Crippen molar-refractivity contribution >= 4 is 11.9 Å². The molecule has 0 saturated heterocycles. The first-order chi connectivity index (χ1) is 16.0. The molecule has 0 bridgehead atoms. The molecule has 0 aromatic carbocycles. The van der Waals surface area contributed by atoms with E-state index in [0.29, 0.717) is 5.57 Å². The summed E-state index contributed by atoms with van der Waals surface area (Å²) in [6, 6.07) is 0. The standard InChI is InChI=1S/C28H42O6/c1-7-25(31)33-19-28(17-29,18-30)20-34-26(32)16-22(3)11-8-10-21(2)13-14-24-23(4)12-9-15-27(24,5)6/h8,10-11,13-14,16,29-30H,7,9,12,15,17-20H2,1-6H3. The summed E-state index contributed by atoms with van der Waals surface area (Å²) in [6.45, 7) is 10.8. The lowest BCUT2D eigenvalue weighted by Gasteiger charge is -2.32. The van der Waals surface area contributed by atoms with Crippen LogP contribution in [0.1, 0.15) is 67.2 Å².